The summed E-state index contributed by atoms with van der Waals surface area (Å²) in [5, 5.41) is 0. The predicted molar refractivity (Wildman–Crippen MR) is 68.9 cm³/mol. The molecule has 0 aliphatic heterocycles. The summed E-state index contributed by atoms with van der Waals surface area (Å²) >= 11 is 0. The summed E-state index contributed by atoms with van der Waals surface area (Å²) in [6.45, 7) is 4.25. The summed E-state index contributed by atoms with van der Waals surface area (Å²) < 4.78 is 5.94. The Bertz CT molecular complexity index is 340. The van der Waals surface area contributed by atoms with Gasteiger partial charge in [0.1, 0.15) is 5.75 Å². The molecule has 0 aromatic carbocycles. The highest BCUT2D eigenvalue weighted by atomic mass is 16.5. The molecule has 2 rings (SSSR count). The van der Waals surface area contributed by atoms with Gasteiger partial charge in [-0.05, 0) is 50.7 Å². The molecule has 0 unspecified atom stereocenters. The van der Waals surface area contributed by atoms with Crippen LogP contribution in [0, 0.1) is 5.92 Å². The third-order valence-electron chi connectivity index (χ3n) is 3.49. The minimum Gasteiger partial charge on any atom is -0.489 e. The SMILES string of the molecule is CC1CCC(Oc2ccc([C@H](C)N)nc2)CC1. The van der Waals surface area contributed by atoms with Gasteiger partial charge in [-0.2, -0.15) is 0 Å². The number of pyridine rings is 1. The second-order valence-corrected chi connectivity index (χ2v) is 5.21. The van der Waals surface area contributed by atoms with Crippen molar-refractivity contribution in [3.8, 4) is 5.75 Å². The second kappa shape index (κ2) is 5.50. The van der Waals surface area contributed by atoms with Gasteiger partial charge in [0.2, 0.25) is 0 Å². The molecule has 0 bridgehead atoms. The Balaban J connectivity index is 1.90. The molecule has 1 aromatic heterocycles. The summed E-state index contributed by atoms with van der Waals surface area (Å²) in [5.41, 5.74) is 6.67. The zero-order valence-electron chi connectivity index (χ0n) is 10.7. The summed E-state index contributed by atoms with van der Waals surface area (Å²) in [7, 11) is 0. The Morgan fingerprint density at radius 2 is 2.00 bits per heavy atom. The average Bonchev–Trinajstić information content (AvgIpc) is 2.33. The lowest BCUT2D eigenvalue weighted by atomic mass is 9.89. The van der Waals surface area contributed by atoms with Crippen LogP contribution in [-0.2, 0) is 0 Å². The minimum atomic E-state index is -0.0143. The summed E-state index contributed by atoms with van der Waals surface area (Å²) in [6, 6.07) is 3.91. The molecule has 17 heavy (non-hydrogen) atoms. The maximum absolute atomic E-state index is 5.94. The van der Waals surface area contributed by atoms with Crippen LogP contribution in [0.2, 0.25) is 0 Å². The smallest absolute Gasteiger partial charge is 0.138 e. The number of nitrogens with two attached hydrogens (primary N) is 1. The molecule has 3 nitrogen and oxygen atoms in total. The fraction of sp³-hybridized carbons (Fsp3) is 0.643. The highest BCUT2D eigenvalue weighted by Crippen LogP contribution is 2.27. The molecule has 0 spiro atoms. The van der Waals surface area contributed by atoms with Gasteiger partial charge in [-0.3, -0.25) is 4.98 Å². The van der Waals surface area contributed by atoms with Crippen LogP contribution >= 0.6 is 0 Å². The van der Waals surface area contributed by atoms with Crippen LogP contribution in [0.5, 0.6) is 5.75 Å². The molecule has 1 atom stereocenters. The topological polar surface area (TPSA) is 48.1 Å². The molecule has 1 aliphatic carbocycles. The van der Waals surface area contributed by atoms with Crippen LogP contribution in [0.1, 0.15) is 51.3 Å². The van der Waals surface area contributed by atoms with Crippen LogP contribution in [0.4, 0.5) is 0 Å². The van der Waals surface area contributed by atoms with Crippen molar-refractivity contribution in [2.45, 2.75) is 51.7 Å². The van der Waals surface area contributed by atoms with E-state index in [0.29, 0.717) is 6.10 Å². The third-order valence-corrected chi connectivity index (χ3v) is 3.49. The van der Waals surface area contributed by atoms with Crippen molar-refractivity contribution < 1.29 is 4.74 Å². The zero-order chi connectivity index (χ0) is 12.3. The summed E-state index contributed by atoms with van der Waals surface area (Å²) in [5.74, 6) is 1.72. The van der Waals surface area contributed by atoms with E-state index in [1.54, 1.807) is 6.20 Å². The van der Waals surface area contributed by atoms with Gasteiger partial charge in [0.15, 0.2) is 0 Å². The van der Waals surface area contributed by atoms with E-state index in [1.807, 2.05) is 19.1 Å². The molecule has 2 N–H and O–H groups in total. The first-order valence-electron chi connectivity index (χ1n) is 6.53. The van der Waals surface area contributed by atoms with Crippen LogP contribution in [-0.4, -0.2) is 11.1 Å². The summed E-state index contributed by atoms with van der Waals surface area (Å²) in [6.07, 6.45) is 7.03. The van der Waals surface area contributed by atoms with Gasteiger partial charge < -0.3 is 10.5 Å². The molecule has 94 valence electrons. The van der Waals surface area contributed by atoms with E-state index in [-0.39, 0.29) is 6.04 Å². The van der Waals surface area contributed by atoms with Crippen LogP contribution in [0.15, 0.2) is 18.3 Å². The van der Waals surface area contributed by atoms with Crippen molar-refractivity contribution in [2.24, 2.45) is 11.7 Å². The quantitative estimate of drug-likeness (QED) is 0.874. The number of ether oxygens (including phenoxy) is 1. The Morgan fingerprint density at radius 1 is 1.29 bits per heavy atom. The van der Waals surface area contributed by atoms with Gasteiger partial charge in [-0.25, -0.2) is 0 Å². The Morgan fingerprint density at radius 3 is 2.53 bits per heavy atom. The first kappa shape index (κ1) is 12.4. The molecule has 0 amide bonds. The first-order chi connectivity index (χ1) is 8.15. The number of hydrogen-bond acceptors (Lipinski definition) is 3. The van der Waals surface area contributed by atoms with E-state index in [2.05, 4.69) is 11.9 Å². The molecular formula is C14H22N2O. The number of hydrogen-bond donors (Lipinski definition) is 1. The minimum absolute atomic E-state index is 0.0143. The maximum Gasteiger partial charge on any atom is 0.138 e. The number of rotatable bonds is 3. The lowest BCUT2D eigenvalue weighted by molar-refractivity contribution is 0.135. The molecule has 1 fully saturated rings. The van der Waals surface area contributed by atoms with Crippen molar-refractivity contribution in [1.29, 1.82) is 0 Å². The van der Waals surface area contributed by atoms with Crippen molar-refractivity contribution in [3.63, 3.8) is 0 Å². The first-order valence-corrected chi connectivity index (χ1v) is 6.53. The van der Waals surface area contributed by atoms with Crippen LogP contribution in [0.3, 0.4) is 0 Å². The van der Waals surface area contributed by atoms with Gasteiger partial charge in [0.05, 0.1) is 18.0 Å². The highest BCUT2D eigenvalue weighted by Gasteiger charge is 2.19. The lowest BCUT2D eigenvalue weighted by Gasteiger charge is -2.26. The van der Waals surface area contributed by atoms with E-state index >= 15 is 0 Å². The molecule has 0 saturated heterocycles. The van der Waals surface area contributed by atoms with Gasteiger partial charge in [-0.1, -0.05) is 6.92 Å². The van der Waals surface area contributed by atoms with Crippen molar-refractivity contribution in [2.75, 3.05) is 0 Å². The van der Waals surface area contributed by atoms with Gasteiger partial charge in [0, 0.05) is 6.04 Å². The Hall–Kier alpha value is -1.09. The van der Waals surface area contributed by atoms with Crippen LogP contribution < -0.4 is 10.5 Å². The zero-order valence-corrected chi connectivity index (χ0v) is 10.7. The van der Waals surface area contributed by atoms with E-state index < -0.39 is 0 Å². The molecule has 1 aliphatic rings. The molecule has 3 heteroatoms. The van der Waals surface area contributed by atoms with Gasteiger partial charge in [-0.15, -0.1) is 0 Å². The molecule has 0 radical (unpaired) electrons. The molecule has 1 aromatic rings. The van der Waals surface area contributed by atoms with E-state index in [4.69, 9.17) is 10.5 Å². The third kappa shape index (κ3) is 3.43. The molecular weight excluding hydrogens is 212 g/mol. The maximum atomic E-state index is 5.94. The lowest BCUT2D eigenvalue weighted by Crippen LogP contribution is -2.23. The summed E-state index contributed by atoms with van der Waals surface area (Å²) in [4.78, 5) is 4.31. The second-order valence-electron chi connectivity index (χ2n) is 5.21. The van der Waals surface area contributed by atoms with E-state index in [1.165, 1.54) is 12.8 Å². The number of aromatic nitrogens is 1. The molecule has 1 heterocycles. The van der Waals surface area contributed by atoms with E-state index in [0.717, 1.165) is 30.2 Å². The van der Waals surface area contributed by atoms with Gasteiger partial charge in [0.25, 0.3) is 0 Å². The van der Waals surface area contributed by atoms with E-state index in [9.17, 15) is 0 Å². The fourth-order valence-electron chi connectivity index (χ4n) is 2.27. The largest absolute Gasteiger partial charge is 0.489 e. The standard InChI is InChI=1S/C14H22N2O/c1-10-3-5-12(6-4-10)17-13-7-8-14(11(2)15)16-9-13/h7-12H,3-6,15H2,1-2H3/t10?,11-,12?/m0/s1. The van der Waals surface area contributed by atoms with Crippen molar-refractivity contribution in [3.05, 3.63) is 24.0 Å². The fourth-order valence-corrected chi connectivity index (χ4v) is 2.27. The van der Waals surface area contributed by atoms with Crippen molar-refractivity contribution >= 4 is 0 Å². The van der Waals surface area contributed by atoms with Crippen molar-refractivity contribution in [1.82, 2.24) is 4.98 Å². The monoisotopic (exact) mass is 234 g/mol. The average molecular weight is 234 g/mol. The predicted octanol–water partition coefficient (Wildman–Crippen LogP) is 3.06. The Labute approximate surface area is 103 Å². The number of nitrogens with zero attached hydrogens (tertiary/aromatic N) is 1. The normalized spacial score (nSPS) is 26.5. The van der Waals surface area contributed by atoms with Gasteiger partial charge >= 0.3 is 0 Å². The Kier molecular flexibility index (Phi) is 4.00. The molecule has 1 saturated carbocycles. The van der Waals surface area contributed by atoms with Crippen LogP contribution in [0.25, 0.3) is 0 Å². The highest BCUT2D eigenvalue weighted by molar-refractivity contribution is 5.21.